The van der Waals surface area contributed by atoms with Crippen LogP contribution in [0.5, 0.6) is 0 Å². The molecule has 3 aromatic carbocycles. The predicted molar refractivity (Wildman–Crippen MR) is 143 cm³/mol. The van der Waals surface area contributed by atoms with E-state index in [1.165, 1.54) is 30.3 Å². The summed E-state index contributed by atoms with van der Waals surface area (Å²) in [6, 6.07) is 21.5. The Kier molecular flexibility index (Phi) is 6.83. The van der Waals surface area contributed by atoms with Gasteiger partial charge < -0.3 is 10.4 Å². The highest BCUT2D eigenvalue weighted by molar-refractivity contribution is 7.90. The fourth-order valence-electron chi connectivity index (χ4n) is 4.58. The molecule has 194 valence electrons. The molecule has 0 spiro atoms. The molecule has 0 bridgehead atoms. The molecule has 1 aliphatic carbocycles. The first-order chi connectivity index (χ1) is 18.3. The number of nitrogens with zero attached hydrogens (tertiary/aromatic N) is 1. The molecular formula is C27H23ClN4O5S. The van der Waals surface area contributed by atoms with Crippen LogP contribution >= 0.6 is 11.6 Å². The van der Waals surface area contributed by atoms with Crippen LogP contribution in [0.2, 0.25) is 5.02 Å². The van der Waals surface area contributed by atoms with E-state index in [-0.39, 0.29) is 21.6 Å². The average molecular weight is 551 g/mol. The highest BCUT2D eigenvalue weighted by Crippen LogP contribution is 2.32. The van der Waals surface area contributed by atoms with E-state index in [4.69, 9.17) is 11.6 Å². The lowest BCUT2D eigenvalue weighted by Crippen LogP contribution is -2.41. The molecule has 0 radical (unpaired) electrons. The number of aromatic nitrogens is 1. The second-order valence-electron chi connectivity index (χ2n) is 8.70. The molecule has 0 saturated heterocycles. The predicted octanol–water partition coefficient (Wildman–Crippen LogP) is 4.59. The molecule has 0 atom stereocenters. The average Bonchev–Trinajstić information content (AvgIpc) is 3.37. The summed E-state index contributed by atoms with van der Waals surface area (Å²) in [7, 11) is -4.20. The first-order valence-corrected chi connectivity index (χ1v) is 13.5. The number of fused-ring (bicyclic) bond motifs is 2. The minimum atomic E-state index is -4.20. The van der Waals surface area contributed by atoms with Crippen LogP contribution in [-0.2, 0) is 22.9 Å². The molecule has 0 saturated carbocycles. The zero-order valence-corrected chi connectivity index (χ0v) is 21.5. The molecule has 4 aromatic rings. The van der Waals surface area contributed by atoms with Crippen molar-refractivity contribution >= 4 is 39.3 Å². The fraction of sp³-hybridized carbons (Fsp3) is 0.111. The number of halogens is 1. The number of carboxylic acids is 1. The lowest BCUT2D eigenvalue weighted by molar-refractivity contribution is 0.0689. The van der Waals surface area contributed by atoms with Gasteiger partial charge in [0.2, 0.25) is 0 Å². The molecule has 0 aliphatic heterocycles. The molecule has 5 rings (SSSR count). The van der Waals surface area contributed by atoms with E-state index in [1.807, 2.05) is 36.4 Å². The normalized spacial score (nSPS) is 13.1. The zero-order valence-electron chi connectivity index (χ0n) is 19.9. The number of aryl methyl sites for hydroxylation is 2. The SMILES string of the molecule is O=C(NNc1ccc(S(=O)(=O)n2cccc2C(=O)O)cc1Cl)NC1c2ccccc2CCc2ccccc21. The van der Waals surface area contributed by atoms with Crippen molar-refractivity contribution in [3.05, 3.63) is 118 Å². The van der Waals surface area contributed by atoms with Gasteiger partial charge in [0, 0.05) is 6.20 Å². The van der Waals surface area contributed by atoms with Gasteiger partial charge in [0.15, 0.2) is 0 Å². The number of carboxylic acid groups (broad SMARTS) is 1. The van der Waals surface area contributed by atoms with Crippen molar-refractivity contribution in [1.29, 1.82) is 0 Å². The minimum Gasteiger partial charge on any atom is -0.477 e. The largest absolute Gasteiger partial charge is 0.477 e. The molecule has 4 N–H and O–H groups in total. The summed E-state index contributed by atoms with van der Waals surface area (Å²) < 4.78 is 26.6. The van der Waals surface area contributed by atoms with E-state index in [2.05, 4.69) is 28.3 Å². The van der Waals surface area contributed by atoms with Gasteiger partial charge in [0.25, 0.3) is 10.0 Å². The van der Waals surface area contributed by atoms with Gasteiger partial charge in [-0.05, 0) is 65.4 Å². The van der Waals surface area contributed by atoms with Gasteiger partial charge in [0.1, 0.15) is 5.69 Å². The number of rotatable bonds is 6. The summed E-state index contributed by atoms with van der Waals surface area (Å²) in [5.41, 5.74) is 9.50. The number of nitrogens with one attached hydrogen (secondary N) is 3. The number of carbonyl (C=O) groups is 2. The summed E-state index contributed by atoms with van der Waals surface area (Å²) in [5, 5.41) is 12.3. The van der Waals surface area contributed by atoms with E-state index in [0.29, 0.717) is 3.97 Å². The van der Waals surface area contributed by atoms with Crippen molar-refractivity contribution in [2.45, 2.75) is 23.8 Å². The molecular weight excluding hydrogens is 528 g/mol. The number of urea groups is 1. The molecule has 1 aromatic heterocycles. The lowest BCUT2D eigenvalue weighted by atomic mass is 9.95. The zero-order chi connectivity index (χ0) is 26.9. The van der Waals surface area contributed by atoms with E-state index in [1.54, 1.807) is 0 Å². The number of aromatic carboxylic acids is 1. The highest BCUT2D eigenvalue weighted by atomic mass is 35.5. The number of hydrogen-bond acceptors (Lipinski definition) is 5. The van der Waals surface area contributed by atoms with Gasteiger partial charge in [-0.2, -0.15) is 0 Å². The lowest BCUT2D eigenvalue weighted by Gasteiger charge is -2.22. The Morgan fingerprint density at radius 2 is 1.53 bits per heavy atom. The maximum absolute atomic E-state index is 12.9. The van der Waals surface area contributed by atoms with Gasteiger partial charge in [-0.15, -0.1) is 0 Å². The monoisotopic (exact) mass is 550 g/mol. The summed E-state index contributed by atoms with van der Waals surface area (Å²) >= 11 is 6.31. The third kappa shape index (κ3) is 4.83. The second kappa shape index (κ2) is 10.2. The first-order valence-electron chi connectivity index (χ1n) is 11.7. The van der Waals surface area contributed by atoms with E-state index in [0.717, 1.165) is 41.3 Å². The summed E-state index contributed by atoms with van der Waals surface area (Å²) in [6.45, 7) is 0. The summed E-state index contributed by atoms with van der Waals surface area (Å²) in [6.07, 6.45) is 2.88. The van der Waals surface area contributed by atoms with Gasteiger partial charge in [-0.25, -0.2) is 22.0 Å². The Labute approximate surface area is 224 Å². The van der Waals surface area contributed by atoms with Crippen LogP contribution in [-0.4, -0.2) is 29.5 Å². The highest BCUT2D eigenvalue weighted by Gasteiger charge is 2.26. The Hall–Kier alpha value is -4.28. The number of hydrazine groups is 1. The van der Waals surface area contributed by atoms with Crippen molar-refractivity contribution in [2.75, 3.05) is 5.43 Å². The van der Waals surface area contributed by atoms with Crippen LogP contribution in [0.3, 0.4) is 0 Å². The van der Waals surface area contributed by atoms with Crippen molar-refractivity contribution < 1.29 is 23.1 Å². The smallest absolute Gasteiger partial charge is 0.353 e. The fourth-order valence-corrected chi connectivity index (χ4v) is 6.24. The summed E-state index contributed by atoms with van der Waals surface area (Å²) in [5.74, 6) is -1.38. The Morgan fingerprint density at radius 1 is 0.895 bits per heavy atom. The number of hydrogen-bond donors (Lipinski definition) is 4. The van der Waals surface area contributed by atoms with Gasteiger partial charge in [-0.3, -0.25) is 10.9 Å². The number of benzene rings is 3. The van der Waals surface area contributed by atoms with Crippen LogP contribution in [0.4, 0.5) is 10.5 Å². The molecule has 1 aliphatic rings. The van der Waals surface area contributed by atoms with E-state index in [9.17, 15) is 23.1 Å². The first kappa shape index (κ1) is 25.4. The molecule has 1 heterocycles. The van der Waals surface area contributed by atoms with Crippen LogP contribution in [0.15, 0.2) is 90.0 Å². The molecule has 38 heavy (non-hydrogen) atoms. The van der Waals surface area contributed by atoms with Crippen LogP contribution < -0.4 is 16.2 Å². The van der Waals surface area contributed by atoms with Crippen LogP contribution in [0.1, 0.15) is 38.8 Å². The Bertz CT molecular complexity index is 1600. The second-order valence-corrected chi connectivity index (χ2v) is 10.9. The van der Waals surface area contributed by atoms with E-state index >= 15 is 0 Å². The molecule has 11 heteroatoms. The maximum Gasteiger partial charge on any atom is 0.353 e. The molecule has 2 amide bonds. The molecule has 0 unspecified atom stereocenters. The van der Waals surface area contributed by atoms with Gasteiger partial charge in [0.05, 0.1) is 21.6 Å². The number of carbonyl (C=O) groups excluding carboxylic acids is 1. The van der Waals surface area contributed by atoms with Crippen LogP contribution in [0.25, 0.3) is 0 Å². The third-order valence-corrected chi connectivity index (χ3v) is 8.41. The third-order valence-electron chi connectivity index (χ3n) is 6.41. The summed E-state index contributed by atoms with van der Waals surface area (Å²) in [4.78, 5) is 24.1. The topological polar surface area (TPSA) is 130 Å². The quantitative estimate of drug-likeness (QED) is 0.260. The van der Waals surface area contributed by atoms with Crippen molar-refractivity contribution in [3.63, 3.8) is 0 Å². The van der Waals surface area contributed by atoms with E-state index < -0.39 is 27.7 Å². The Balaban J connectivity index is 1.33. The van der Waals surface area contributed by atoms with Crippen LogP contribution in [0, 0.1) is 0 Å². The number of amides is 2. The minimum absolute atomic E-state index is 0.0144. The number of anilines is 1. The Morgan fingerprint density at radius 3 is 2.13 bits per heavy atom. The van der Waals surface area contributed by atoms with Gasteiger partial charge >= 0.3 is 12.0 Å². The van der Waals surface area contributed by atoms with Crippen molar-refractivity contribution in [3.8, 4) is 0 Å². The molecule has 0 fully saturated rings. The van der Waals surface area contributed by atoms with Crippen molar-refractivity contribution in [2.24, 2.45) is 0 Å². The maximum atomic E-state index is 12.9. The van der Waals surface area contributed by atoms with Crippen molar-refractivity contribution in [1.82, 2.24) is 14.7 Å². The standard InChI is InChI=1S/C27H23ClN4O5S/c28-22-16-19(38(36,37)32-15-5-10-24(32)26(33)34)13-14-23(22)30-31-27(35)29-25-20-8-3-1-6-17(20)11-12-18-7-2-4-9-21(18)25/h1-10,13-16,25,30H,11-12H2,(H,33,34)(H2,29,31,35). The van der Waals surface area contributed by atoms with Gasteiger partial charge in [-0.1, -0.05) is 60.1 Å². The molecule has 9 nitrogen and oxygen atoms in total.